The predicted molar refractivity (Wildman–Crippen MR) is 82.6 cm³/mol. The fourth-order valence-electron chi connectivity index (χ4n) is 2.80. The van der Waals surface area contributed by atoms with E-state index in [4.69, 9.17) is 9.15 Å². The highest BCUT2D eigenvalue weighted by Crippen LogP contribution is 2.21. The van der Waals surface area contributed by atoms with E-state index in [2.05, 4.69) is 18.3 Å². The molecular weight excluding hydrogens is 266 g/mol. The highest BCUT2D eigenvalue weighted by atomic mass is 16.5. The number of aryl methyl sites for hydroxylation is 2. The summed E-state index contributed by atoms with van der Waals surface area (Å²) in [4.78, 5) is 11.7. The Balaban J connectivity index is 1.83. The molecule has 0 saturated carbocycles. The fourth-order valence-corrected chi connectivity index (χ4v) is 2.80. The van der Waals surface area contributed by atoms with Crippen LogP contribution in [0.25, 0.3) is 11.0 Å². The van der Waals surface area contributed by atoms with Crippen LogP contribution in [0.2, 0.25) is 0 Å². The van der Waals surface area contributed by atoms with Gasteiger partial charge in [0.1, 0.15) is 5.58 Å². The van der Waals surface area contributed by atoms with Crippen LogP contribution in [0.4, 0.5) is 0 Å². The molecule has 1 aliphatic rings. The van der Waals surface area contributed by atoms with Crippen molar-refractivity contribution >= 4 is 11.0 Å². The quantitative estimate of drug-likeness (QED) is 0.878. The second-order valence-electron chi connectivity index (χ2n) is 5.79. The van der Waals surface area contributed by atoms with Crippen molar-refractivity contribution in [1.82, 2.24) is 5.32 Å². The lowest BCUT2D eigenvalue weighted by atomic mass is 10.0. The number of nitrogens with one attached hydrogen (secondary N) is 1. The molecule has 1 N–H and O–H groups in total. The Morgan fingerprint density at radius 2 is 2.05 bits per heavy atom. The molecule has 21 heavy (non-hydrogen) atoms. The van der Waals surface area contributed by atoms with Crippen molar-refractivity contribution in [2.45, 2.75) is 39.3 Å². The summed E-state index contributed by atoms with van der Waals surface area (Å²) in [5, 5.41) is 4.40. The van der Waals surface area contributed by atoms with Crippen LogP contribution in [0.1, 0.15) is 29.5 Å². The Morgan fingerprint density at radius 1 is 1.24 bits per heavy atom. The van der Waals surface area contributed by atoms with Gasteiger partial charge in [0.05, 0.1) is 6.10 Å². The van der Waals surface area contributed by atoms with Crippen LogP contribution < -0.4 is 10.9 Å². The minimum absolute atomic E-state index is 0.292. The summed E-state index contributed by atoms with van der Waals surface area (Å²) >= 11 is 0. The summed E-state index contributed by atoms with van der Waals surface area (Å²) in [6.45, 7) is 6.44. The third-order valence-corrected chi connectivity index (χ3v) is 4.16. The maximum Gasteiger partial charge on any atom is 0.336 e. The zero-order valence-corrected chi connectivity index (χ0v) is 12.6. The second-order valence-corrected chi connectivity index (χ2v) is 5.79. The van der Waals surface area contributed by atoms with E-state index < -0.39 is 0 Å². The Kier molecular flexibility index (Phi) is 4.08. The minimum Gasteiger partial charge on any atom is -0.423 e. The molecule has 0 spiro atoms. The normalized spacial score (nSPS) is 18.5. The van der Waals surface area contributed by atoms with Crippen molar-refractivity contribution in [2.75, 3.05) is 13.2 Å². The minimum atomic E-state index is -0.292. The molecule has 0 radical (unpaired) electrons. The van der Waals surface area contributed by atoms with Gasteiger partial charge in [0.25, 0.3) is 0 Å². The molecule has 1 fully saturated rings. The van der Waals surface area contributed by atoms with Crippen molar-refractivity contribution in [1.29, 1.82) is 0 Å². The fraction of sp³-hybridized carbons (Fsp3) is 0.471. The van der Waals surface area contributed by atoms with Crippen LogP contribution in [0.5, 0.6) is 0 Å². The molecule has 1 aromatic carbocycles. The van der Waals surface area contributed by atoms with Crippen molar-refractivity contribution < 1.29 is 9.15 Å². The Labute approximate surface area is 124 Å². The number of hydrogen-bond acceptors (Lipinski definition) is 4. The van der Waals surface area contributed by atoms with E-state index >= 15 is 0 Å². The first-order valence-electron chi connectivity index (χ1n) is 7.50. The molecule has 112 valence electrons. The standard InChI is InChI=1S/C17H21NO3/c1-11-6-15-13(9-18-10-14-4-3-5-20-14)8-17(19)21-16(15)7-12(11)2/h6-8,14,18H,3-5,9-10H2,1-2H3/t14-/m0/s1. The van der Waals surface area contributed by atoms with E-state index in [9.17, 15) is 4.79 Å². The van der Waals surface area contributed by atoms with E-state index in [1.54, 1.807) is 6.07 Å². The van der Waals surface area contributed by atoms with Gasteiger partial charge in [-0.2, -0.15) is 0 Å². The molecule has 3 rings (SSSR count). The second kappa shape index (κ2) is 6.00. The van der Waals surface area contributed by atoms with Gasteiger partial charge in [-0.25, -0.2) is 4.79 Å². The van der Waals surface area contributed by atoms with E-state index in [0.717, 1.165) is 42.5 Å². The smallest absolute Gasteiger partial charge is 0.336 e. The van der Waals surface area contributed by atoms with Crippen molar-refractivity contribution in [2.24, 2.45) is 0 Å². The first kappa shape index (κ1) is 14.3. The summed E-state index contributed by atoms with van der Waals surface area (Å²) in [6.07, 6.45) is 2.56. The van der Waals surface area contributed by atoms with Gasteiger partial charge >= 0.3 is 5.63 Å². The molecule has 1 aliphatic heterocycles. The summed E-state index contributed by atoms with van der Waals surface area (Å²) in [6, 6.07) is 5.62. The Morgan fingerprint density at radius 3 is 2.81 bits per heavy atom. The van der Waals surface area contributed by atoms with Crippen molar-refractivity contribution in [3.05, 3.63) is 45.3 Å². The number of benzene rings is 1. The van der Waals surface area contributed by atoms with Crippen molar-refractivity contribution in [3.8, 4) is 0 Å². The molecule has 1 atom stereocenters. The van der Waals surface area contributed by atoms with Gasteiger partial charge in [0.15, 0.2) is 0 Å². The predicted octanol–water partition coefficient (Wildman–Crippen LogP) is 2.68. The molecule has 0 bridgehead atoms. The lowest BCUT2D eigenvalue weighted by Gasteiger charge is -2.12. The maximum absolute atomic E-state index is 11.7. The molecule has 4 heteroatoms. The van der Waals surface area contributed by atoms with Crippen LogP contribution in [-0.4, -0.2) is 19.3 Å². The summed E-state index contributed by atoms with van der Waals surface area (Å²) in [7, 11) is 0. The Bertz CT molecular complexity index is 699. The Hall–Kier alpha value is -1.65. The number of hydrogen-bond donors (Lipinski definition) is 1. The van der Waals surface area contributed by atoms with E-state index in [0.29, 0.717) is 18.2 Å². The highest BCUT2D eigenvalue weighted by molar-refractivity contribution is 5.81. The highest BCUT2D eigenvalue weighted by Gasteiger charge is 2.15. The third kappa shape index (κ3) is 3.17. The van der Waals surface area contributed by atoms with Crippen LogP contribution in [0, 0.1) is 13.8 Å². The third-order valence-electron chi connectivity index (χ3n) is 4.16. The maximum atomic E-state index is 11.7. The lowest BCUT2D eigenvalue weighted by molar-refractivity contribution is 0.110. The molecule has 2 heterocycles. The average Bonchev–Trinajstić information content (AvgIpc) is 2.94. The first-order chi connectivity index (χ1) is 10.1. The summed E-state index contributed by atoms with van der Waals surface area (Å²) < 4.78 is 10.9. The van der Waals surface area contributed by atoms with Gasteiger partial charge in [-0.05, 0) is 55.5 Å². The number of rotatable bonds is 4. The van der Waals surface area contributed by atoms with Gasteiger partial charge in [0, 0.05) is 31.1 Å². The van der Waals surface area contributed by atoms with E-state index in [-0.39, 0.29) is 5.63 Å². The van der Waals surface area contributed by atoms with Crippen LogP contribution in [0.3, 0.4) is 0 Å². The van der Waals surface area contributed by atoms with Gasteiger partial charge < -0.3 is 14.5 Å². The molecule has 0 aliphatic carbocycles. The van der Waals surface area contributed by atoms with Gasteiger partial charge in [-0.15, -0.1) is 0 Å². The summed E-state index contributed by atoms with van der Waals surface area (Å²) in [5.74, 6) is 0. The topological polar surface area (TPSA) is 51.5 Å². The molecule has 1 saturated heterocycles. The van der Waals surface area contributed by atoms with Gasteiger partial charge in [-0.1, -0.05) is 0 Å². The van der Waals surface area contributed by atoms with Crippen LogP contribution in [0.15, 0.2) is 27.4 Å². The first-order valence-corrected chi connectivity index (χ1v) is 7.50. The molecular formula is C17H21NO3. The van der Waals surface area contributed by atoms with Crippen LogP contribution >= 0.6 is 0 Å². The monoisotopic (exact) mass is 287 g/mol. The molecule has 2 aromatic rings. The van der Waals surface area contributed by atoms with Crippen LogP contribution in [-0.2, 0) is 11.3 Å². The zero-order chi connectivity index (χ0) is 14.8. The molecule has 0 amide bonds. The molecule has 0 unspecified atom stereocenters. The average molecular weight is 287 g/mol. The molecule has 4 nitrogen and oxygen atoms in total. The van der Waals surface area contributed by atoms with Gasteiger partial charge in [-0.3, -0.25) is 0 Å². The number of fused-ring (bicyclic) bond motifs is 1. The number of ether oxygens (including phenoxy) is 1. The van der Waals surface area contributed by atoms with E-state index in [1.807, 2.05) is 13.0 Å². The van der Waals surface area contributed by atoms with Gasteiger partial charge in [0.2, 0.25) is 0 Å². The lowest BCUT2D eigenvalue weighted by Crippen LogP contribution is -2.26. The SMILES string of the molecule is Cc1cc2oc(=O)cc(CNC[C@@H]3CCCO3)c2cc1C. The largest absolute Gasteiger partial charge is 0.423 e. The zero-order valence-electron chi connectivity index (χ0n) is 12.6. The molecule has 1 aromatic heterocycles. The van der Waals surface area contributed by atoms with E-state index in [1.165, 1.54) is 5.56 Å². The summed E-state index contributed by atoms with van der Waals surface area (Å²) in [5.41, 5.74) is 3.70. The van der Waals surface area contributed by atoms with Crippen molar-refractivity contribution in [3.63, 3.8) is 0 Å².